The molecule has 17 heavy (non-hydrogen) atoms. The molecule has 0 aromatic heterocycles. The van der Waals surface area contributed by atoms with E-state index in [9.17, 15) is 18.0 Å². The summed E-state index contributed by atoms with van der Waals surface area (Å²) in [5.74, 6) is -4.01. The highest BCUT2D eigenvalue weighted by Gasteiger charge is 2.14. The number of hydrogen-bond acceptors (Lipinski definition) is 2. The average Bonchev–Trinajstić information content (AvgIpc) is 2.25. The van der Waals surface area contributed by atoms with Gasteiger partial charge in [-0.1, -0.05) is 6.92 Å². The lowest BCUT2D eigenvalue weighted by atomic mass is 10.1. The third-order valence-electron chi connectivity index (χ3n) is 1.79. The molecule has 1 aromatic rings. The Morgan fingerprint density at radius 2 is 1.71 bits per heavy atom. The van der Waals surface area contributed by atoms with Crippen molar-refractivity contribution in [2.45, 2.75) is 19.8 Å². The van der Waals surface area contributed by atoms with E-state index in [1.54, 1.807) is 6.92 Å². The molecule has 3 nitrogen and oxygen atoms in total. The van der Waals surface area contributed by atoms with E-state index in [1.165, 1.54) is 0 Å². The van der Waals surface area contributed by atoms with Crippen molar-refractivity contribution in [3.8, 4) is 0 Å². The molecule has 94 valence electrons. The van der Waals surface area contributed by atoms with Gasteiger partial charge in [0.15, 0.2) is 17.4 Å². The fourth-order valence-electron chi connectivity index (χ4n) is 1.10. The smallest absolute Gasteiger partial charge is 0.290 e. The first kappa shape index (κ1) is 15.2. The predicted octanol–water partition coefficient (Wildman–Crippen LogP) is 2.79. The molecule has 0 amide bonds. The third-order valence-corrected chi connectivity index (χ3v) is 1.79. The number of halogens is 3. The van der Waals surface area contributed by atoms with E-state index in [1.807, 2.05) is 0 Å². The van der Waals surface area contributed by atoms with Gasteiger partial charge in [-0.25, -0.2) is 13.2 Å². The van der Waals surface area contributed by atoms with Crippen LogP contribution in [0, 0.1) is 17.5 Å². The average molecular weight is 248 g/mol. The summed E-state index contributed by atoms with van der Waals surface area (Å²) in [6.45, 7) is 1.50. The zero-order chi connectivity index (χ0) is 13.4. The molecule has 0 saturated heterocycles. The van der Waals surface area contributed by atoms with Gasteiger partial charge in [0.1, 0.15) is 5.82 Å². The summed E-state index contributed by atoms with van der Waals surface area (Å²) in [6, 6.07) is 0.987. The van der Waals surface area contributed by atoms with Crippen LogP contribution in [0.5, 0.6) is 0 Å². The van der Waals surface area contributed by atoms with E-state index < -0.39 is 23.2 Å². The zero-order valence-electron chi connectivity index (χ0n) is 9.04. The Morgan fingerprint density at radius 3 is 2.18 bits per heavy atom. The summed E-state index contributed by atoms with van der Waals surface area (Å²) in [5.41, 5.74) is -0.384. The highest BCUT2D eigenvalue weighted by atomic mass is 19.2. The number of hydrogen-bond donors (Lipinski definition) is 1. The zero-order valence-corrected chi connectivity index (χ0v) is 9.04. The normalized spacial score (nSPS) is 9.18. The Hall–Kier alpha value is -1.85. The number of ketones is 1. The van der Waals surface area contributed by atoms with E-state index in [2.05, 4.69) is 0 Å². The van der Waals surface area contributed by atoms with Crippen molar-refractivity contribution in [2.75, 3.05) is 0 Å². The van der Waals surface area contributed by atoms with Crippen LogP contribution in [0.25, 0.3) is 0 Å². The molecule has 0 heterocycles. The second-order valence-corrected chi connectivity index (χ2v) is 3.02. The Morgan fingerprint density at radius 1 is 1.24 bits per heavy atom. The number of rotatable bonds is 3. The second kappa shape index (κ2) is 7.43. The molecule has 0 spiro atoms. The van der Waals surface area contributed by atoms with Crippen molar-refractivity contribution in [3.05, 3.63) is 35.1 Å². The van der Waals surface area contributed by atoms with Gasteiger partial charge in [-0.15, -0.1) is 0 Å². The highest BCUT2D eigenvalue weighted by Crippen LogP contribution is 2.15. The van der Waals surface area contributed by atoms with E-state index in [4.69, 9.17) is 9.90 Å². The van der Waals surface area contributed by atoms with Gasteiger partial charge < -0.3 is 5.11 Å². The molecule has 6 heteroatoms. The lowest BCUT2D eigenvalue weighted by Gasteiger charge is -2.01. The molecule has 0 aliphatic rings. The molecule has 0 aliphatic carbocycles. The monoisotopic (exact) mass is 248 g/mol. The van der Waals surface area contributed by atoms with Gasteiger partial charge in [0, 0.05) is 12.5 Å². The lowest BCUT2D eigenvalue weighted by Crippen LogP contribution is -2.04. The minimum atomic E-state index is -1.28. The molecule has 0 radical (unpaired) electrons. The quantitative estimate of drug-likeness (QED) is 0.508. The minimum Gasteiger partial charge on any atom is -0.483 e. The third kappa shape index (κ3) is 4.67. The summed E-state index contributed by atoms with van der Waals surface area (Å²) < 4.78 is 38.1. The molecule has 1 N–H and O–H groups in total. The fourth-order valence-corrected chi connectivity index (χ4v) is 1.10. The predicted molar refractivity (Wildman–Crippen MR) is 54.2 cm³/mol. The van der Waals surface area contributed by atoms with Gasteiger partial charge in [0.05, 0.1) is 5.56 Å². The van der Waals surface area contributed by atoms with Gasteiger partial charge in [-0.3, -0.25) is 9.59 Å². The second-order valence-electron chi connectivity index (χ2n) is 3.02. The molecule has 0 bridgehead atoms. The largest absolute Gasteiger partial charge is 0.483 e. The summed E-state index contributed by atoms with van der Waals surface area (Å²) >= 11 is 0. The van der Waals surface area contributed by atoms with Crippen LogP contribution in [-0.2, 0) is 4.79 Å². The number of carbonyl (C=O) groups excluding carboxylic acids is 1. The summed E-state index contributed by atoms with van der Waals surface area (Å²) in [7, 11) is 0. The highest BCUT2D eigenvalue weighted by molar-refractivity contribution is 5.96. The summed E-state index contributed by atoms with van der Waals surface area (Å²) in [4.78, 5) is 19.6. The standard InChI is InChI=1S/C10H9F3O.CH2O2/c1-2-3-10(14)6-4-8(12)9(13)5-7(6)11;2-1-3/h4-5H,2-3H2,1H3;1H,(H,2,3). The number of benzene rings is 1. The van der Waals surface area contributed by atoms with Crippen LogP contribution < -0.4 is 0 Å². The van der Waals surface area contributed by atoms with Crippen molar-refractivity contribution in [1.82, 2.24) is 0 Å². The maximum absolute atomic E-state index is 13.0. The van der Waals surface area contributed by atoms with E-state index >= 15 is 0 Å². The van der Waals surface area contributed by atoms with Crippen molar-refractivity contribution in [2.24, 2.45) is 0 Å². The van der Waals surface area contributed by atoms with Gasteiger partial charge in [-0.2, -0.15) is 0 Å². The lowest BCUT2D eigenvalue weighted by molar-refractivity contribution is -0.122. The fraction of sp³-hybridized carbons (Fsp3) is 0.273. The summed E-state index contributed by atoms with van der Waals surface area (Å²) in [5, 5.41) is 6.89. The van der Waals surface area contributed by atoms with Crippen LogP contribution in [0.4, 0.5) is 13.2 Å². The number of carbonyl (C=O) groups is 2. The first-order valence-corrected chi connectivity index (χ1v) is 4.73. The van der Waals surface area contributed by atoms with Crippen molar-refractivity contribution < 1.29 is 27.9 Å². The van der Waals surface area contributed by atoms with E-state index in [-0.39, 0.29) is 18.5 Å². The van der Waals surface area contributed by atoms with Gasteiger partial charge >= 0.3 is 0 Å². The maximum Gasteiger partial charge on any atom is 0.290 e. The molecule has 0 atom stereocenters. The van der Waals surface area contributed by atoms with Crippen molar-refractivity contribution in [3.63, 3.8) is 0 Å². The van der Waals surface area contributed by atoms with Crippen LogP contribution >= 0.6 is 0 Å². The first-order chi connectivity index (χ1) is 7.97. The molecule has 1 rings (SSSR count). The minimum absolute atomic E-state index is 0.127. The molecule has 1 aromatic carbocycles. The van der Waals surface area contributed by atoms with Gasteiger partial charge in [0.25, 0.3) is 6.47 Å². The number of Topliss-reactive ketones (excluding diaryl/α,β-unsaturated/α-hetero) is 1. The Labute approximate surface area is 95.9 Å². The topological polar surface area (TPSA) is 54.4 Å². The van der Waals surface area contributed by atoms with E-state index in [0.717, 1.165) is 0 Å². The maximum atomic E-state index is 13.0. The van der Waals surface area contributed by atoms with Crippen LogP contribution in [-0.4, -0.2) is 17.4 Å². The molecular formula is C11H11F3O3. The van der Waals surface area contributed by atoms with Crippen molar-refractivity contribution in [1.29, 1.82) is 0 Å². The summed E-state index contributed by atoms with van der Waals surface area (Å²) in [6.07, 6.45) is 0.666. The SMILES string of the molecule is CCCC(=O)c1cc(F)c(F)cc1F.O=CO. The Balaban J connectivity index is 0.000000770. The molecule has 0 fully saturated rings. The van der Waals surface area contributed by atoms with Crippen LogP contribution in [0.1, 0.15) is 30.1 Å². The van der Waals surface area contributed by atoms with Crippen LogP contribution in [0.3, 0.4) is 0 Å². The molecule has 0 saturated carbocycles. The van der Waals surface area contributed by atoms with Crippen molar-refractivity contribution >= 4 is 12.3 Å². The molecule has 0 aliphatic heterocycles. The Bertz CT molecular complexity index is 405. The number of carboxylic acid groups (broad SMARTS) is 1. The molecular weight excluding hydrogens is 237 g/mol. The molecule has 0 unspecified atom stereocenters. The van der Waals surface area contributed by atoms with Crippen LogP contribution in [0.15, 0.2) is 12.1 Å². The Kier molecular flexibility index (Phi) is 6.62. The van der Waals surface area contributed by atoms with Crippen LogP contribution in [0.2, 0.25) is 0 Å². The first-order valence-electron chi connectivity index (χ1n) is 4.73. The van der Waals surface area contributed by atoms with Gasteiger partial charge in [-0.05, 0) is 12.5 Å². The van der Waals surface area contributed by atoms with Gasteiger partial charge in [0.2, 0.25) is 0 Å². The van der Waals surface area contributed by atoms with E-state index in [0.29, 0.717) is 18.6 Å².